The highest BCUT2D eigenvalue weighted by atomic mass is 35.5. The normalized spacial score (nSPS) is 19.5. The predicted molar refractivity (Wildman–Crippen MR) is 172 cm³/mol. The molecule has 10 nitrogen and oxygen atoms in total. The molecule has 0 radical (unpaired) electrons. The van der Waals surface area contributed by atoms with Crippen LogP contribution in [0, 0.1) is 12.4 Å². The molecular weight excluding hydrogens is 616 g/mol. The zero-order valence-corrected chi connectivity index (χ0v) is 26.5. The number of benzene rings is 2. The number of ether oxygens (including phenoxy) is 2. The maximum atomic E-state index is 14.6. The van der Waals surface area contributed by atoms with Crippen molar-refractivity contribution >= 4 is 39.8 Å². The van der Waals surface area contributed by atoms with E-state index in [-0.39, 0.29) is 30.2 Å². The first-order chi connectivity index (χ1) is 22.2. The van der Waals surface area contributed by atoms with Crippen LogP contribution in [0.25, 0.3) is 15.6 Å². The van der Waals surface area contributed by atoms with Gasteiger partial charge < -0.3 is 29.0 Å². The number of morpholine rings is 1. The molecule has 3 aromatic rings. The smallest absolute Gasteiger partial charge is 0.318 e. The molecule has 0 bridgehead atoms. The molecule has 46 heavy (non-hydrogen) atoms. The van der Waals surface area contributed by atoms with Gasteiger partial charge in [0.25, 0.3) is 5.91 Å². The maximum Gasteiger partial charge on any atom is 0.318 e. The van der Waals surface area contributed by atoms with Crippen molar-refractivity contribution in [3.63, 3.8) is 0 Å². The molecule has 6 rings (SSSR count). The highest BCUT2D eigenvalue weighted by molar-refractivity contribution is 6.36. The van der Waals surface area contributed by atoms with E-state index in [1.807, 2.05) is 23.1 Å². The summed E-state index contributed by atoms with van der Waals surface area (Å²) in [6.45, 7) is 18.1. The molecule has 3 aliphatic heterocycles. The van der Waals surface area contributed by atoms with Crippen LogP contribution >= 0.6 is 11.6 Å². The number of nitrogens with zero attached hydrogens (tertiary/aromatic N) is 7. The zero-order chi connectivity index (χ0) is 32.4. The lowest BCUT2D eigenvalue weighted by Crippen LogP contribution is -2.57. The second kappa shape index (κ2) is 13.7. The number of amides is 1. The summed E-state index contributed by atoms with van der Waals surface area (Å²) >= 11 is 6.49. The fraction of sp³-hybridized carbons (Fsp3) is 0.455. The lowest BCUT2D eigenvalue weighted by atomic mass is 10.0. The average molecular weight is 652 g/mol. The summed E-state index contributed by atoms with van der Waals surface area (Å²) < 4.78 is 40.1. The van der Waals surface area contributed by atoms with Crippen molar-refractivity contribution in [2.45, 2.75) is 32.0 Å². The summed E-state index contributed by atoms with van der Waals surface area (Å²) in [5.41, 5.74) is 2.53. The Kier molecular flexibility index (Phi) is 9.54. The van der Waals surface area contributed by atoms with Gasteiger partial charge in [-0.2, -0.15) is 9.97 Å². The summed E-state index contributed by atoms with van der Waals surface area (Å²) in [4.78, 5) is 33.7. The SMILES string of the molecule is [C-]#[N+]C[C@H]1CN(c2nc(OCC(C)N3CCOCC3)nc3c2CCN(c2cccc4ccc(F)c(Cl)c24)C3)CCN1C(=O)C(=C)F. The largest absolute Gasteiger partial charge is 0.462 e. The van der Waals surface area contributed by atoms with E-state index < -0.39 is 23.6 Å². The third-order valence-electron chi connectivity index (χ3n) is 8.98. The number of anilines is 2. The van der Waals surface area contributed by atoms with Crippen molar-refractivity contribution in [1.29, 1.82) is 0 Å². The van der Waals surface area contributed by atoms with E-state index in [1.165, 1.54) is 11.0 Å². The van der Waals surface area contributed by atoms with E-state index in [9.17, 15) is 13.6 Å². The van der Waals surface area contributed by atoms with Crippen LogP contribution in [0.3, 0.4) is 0 Å². The Hall–Kier alpha value is -4.05. The summed E-state index contributed by atoms with van der Waals surface area (Å²) in [5.74, 6) is -1.63. The Labute approximate surface area is 272 Å². The molecule has 3 aliphatic rings. The molecule has 13 heteroatoms. The third kappa shape index (κ3) is 6.45. The van der Waals surface area contributed by atoms with Gasteiger partial charge in [-0.3, -0.25) is 9.69 Å². The van der Waals surface area contributed by atoms with Crippen molar-refractivity contribution in [3.8, 4) is 6.01 Å². The second-order valence-electron chi connectivity index (χ2n) is 11.8. The number of piperazine rings is 1. The highest BCUT2D eigenvalue weighted by Gasteiger charge is 2.36. The van der Waals surface area contributed by atoms with E-state index in [0.717, 1.165) is 35.4 Å². The number of fused-ring (bicyclic) bond motifs is 2. The molecule has 0 aliphatic carbocycles. The van der Waals surface area contributed by atoms with Gasteiger partial charge >= 0.3 is 6.01 Å². The van der Waals surface area contributed by atoms with Gasteiger partial charge in [0.15, 0.2) is 5.83 Å². The quantitative estimate of drug-likeness (QED) is 0.260. The first-order valence-electron chi connectivity index (χ1n) is 15.4. The first kappa shape index (κ1) is 31.9. The molecule has 1 unspecified atom stereocenters. The van der Waals surface area contributed by atoms with Crippen LogP contribution < -0.4 is 14.5 Å². The second-order valence-corrected chi connectivity index (χ2v) is 12.2. The molecule has 1 aromatic heterocycles. The Morgan fingerprint density at radius 3 is 2.74 bits per heavy atom. The summed E-state index contributed by atoms with van der Waals surface area (Å²) in [5, 5.41) is 1.57. The minimum atomic E-state index is -1.04. The molecule has 2 atom stereocenters. The average Bonchev–Trinajstić information content (AvgIpc) is 3.08. The fourth-order valence-electron chi connectivity index (χ4n) is 6.53. The number of hydrogen-bond donors (Lipinski definition) is 0. The molecule has 4 heterocycles. The van der Waals surface area contributed by atoms with Gasteiger partial charge in [0.1, 0.15) is 24.3 Å². The molecule has 0 spiro atoms. The van der Waals surface area contributed by atoms with E-state index >= 15 is 0 Å². The summed E-state index contributed by atoms with van der Waals surface area (Å²) in [7, 11) is 0. The number of carbonyl (C=O) groups excluding carboxylic acids is 1. The lowest BCUT2D eigenvalue weighted by Gasteiger charge is -2.41. The van der Waals surface area contributed by atoms with E-state index in [4.69, 9.17) is 37.6 Å². The van der Waals surface area contributed by atoms with Crippen LogP contribution in [0.1, 0.15) is 18.2 Å². The minimum absolute atomic E-state index is 0.0232. The standard InChI is InChI=1S/C33H36ClF2N7O3/c1-21(40-13-15-45-16-14-40)20-46-33-38-27-19-41(28-6-4-5-23-7-8-26(36)30(34)29(23)28)10-9-25(27)31(39-33)42-11-12-43(32(44)22(2)35)24(18-42)17-37-3/h4-8,21,24H,2,9-20H2,1H3/t21?,24-/m0/s1. The van der Waals surface area contributed by atoms with Crippen LogP contribution in [-0.2, 0) is 22.5 Å². The van der Waals surface area contributed by atoms with E-state index in [1.54, 1.807) is 6.07 Å². The van der Waals surface area contributed by atoms with Gasteiger partial charge in [0.2, 0.25) is 6.54 Å². The number of aromatic nitrogens is 2. The Balaban J connectivity index is 1.33. The predicted octanol–water partition coefficient (Wildman–Crippen LogP) is 4.50. The van der Waals surface area contributed by atoms with Gasteiger partial charge in [-0.15, -0.1) is 0 Å². The van der Waals surface area contributed by atoms with Gasteiger partial charge in [-0.05, 0) is 30.9 Å². The van der Waals surface area contributed by atoms with Crippen LogP contribution in [-0.4, -0.2) is 103 Å². The van der Waals surface area contributed by atoms with Crippen LogP contribution in [0.5, 0.6) is 6.01 Å². The fourth-order valence-corrected chi connectivity index (χ4v) is 6.80. The summed E-state index contributed by atoms with van der Waals surface area (Å²) in [6, 6.07) is 8.69. The summed E-state index contributed by atoms with van der Waals surface area (Å²) in [6.07, 6.45) is 0.590. The van der Waals surface area contributed by atoms with Gasteiger partial charge in [-0.25, -0.2) is 15.4 Å². The van der Waals surface area contributed by atoms with Crippen LogP contribution in [0.4, 0.5) is 20.3 Å². The number of carbonyl (C=O) groups is 1. The molecule has 0 saturated carbocycles. The molecule has 242 valence electrons. The minimum Gasteiger partial charge on any atom is -0.462 e. The Morgan fingerprint density at radius 1 is 1.17 bits per heavy atom. The maximum absolute atomic E-state index is 14.6. The van der Waals surface area contributed by atoms with Crippen molar-refractivity contribution < 1.29 is 23.0 Å². The van der Waals surface area contributed by atoms with Crippen molar-refractivity contribution in [2.24, 2.45) is 0 Å². The van der Waals surface area contributed by atoms with E-state index in [2.05, 4.69) is 28.1 Å². The molecule has 0 N–H and O–H groups in total. The molecule has 1 amide bonds. The van der Waals surface area contributed by atoms with E-state index in [0.29, 0.717) is 63.6 Å². The molecule has 2 aromatic carbocycles. The topological polar surface area (TPSA) is 78.6 Å². The number of hydrogen-bond acceptors (Lipinski definition) is 8. The monoisotopic (exact) mass is 651 g/mol. The Bertz CT molecular complexity index is 1680. The molecule has 2 fully saturated rings. The molecular formula is C33H36ClF2N7O3. The first-order valence-corrected chi connectivity index (χ1v) is 15.8. The Morgan fingerprint density at radius 2 is 1.98 bits per heavy atom. The van der Waals surface area contributed by atoms with Crippen LogP contribution in [0.2, 0.25) is 5.02 Å². The van der Waals surface area contributed by atoms with Gasteiger partial charge in [-0.1, -0.05) is 36.4 Å². The molecule has 2 saturated heterocycles. The van der Waals surface area contributed by atoms with Gasteiger partial charge in [0, 0.05) is 61.9 Å². The van der Waals surface area contributed by atoms with Crippen LogP contribution in [0.15, 0.2) is 42.7 Å². The third-order valence-corrected chi connectivity index (χ3v) is 9.35. The lowest BCUT2D eigenvalue weighted by molar-refractivity contribution is -0.131. The number of rotatable bonds is 8. The van der Waals surface area contributed by atoms with Gasteiger partial charge in [0.05, 0.1) is 30.5 Å². The van der Waals surface area contributed by atoms with Crippen molar-refractivity contribution in [1.82, 2.24) is 19.8 Å². The zero-order valence-electron chi connectivity index (χ0n) is 25.7. The van der Waals surface area contributed by atoms with Crippen molar-refractivity contribution in [3.05, 3.63) is 76.3 Å². The van der Waals surface area contributed by atoms with Crippen molar-refractivity contribution in [2.75, 3.05) is 75.4 Å². The highest BCUT2D eigenvalue weighted by Crippen LogP contribution is 2.38. The number of halogens is 3.